The van der Waals surface area contributed by atoms with Gasteiger partial charge in [-0.25, -0.2) is 13.1 Å². The first kappa shape index (κ1) is 20.1. The summed E-state index contributed by atoms with van der Waals surface area (Å²) >= 11 is 0. The van der Waals surface area contributed by atoms with Crippen LogP contribution in [0, 0.1) is 0 Å². The Labute approximate surface area is 157 Å². The molecule has 9 heteroatoms. The Bertz CT molecular complexity index is 983. The molecule has 0 saturated carbocycles. The number of methoxy groups -OCH3 is 1. The Morgan fingerprint density at radius 3 is 2.33 bits per heavy atom. The molecule has 2 aromatic carbocycles. The monoisotopic (exact) mass is 389 g/mol. The summed E-state index contributed by atoms with van der Waals surface area (Å²) in [6, 6.07) is 10.6. The van der Waals surface area contributed by atoms with Gasteiger partial charge in [-0.15, -0.1) is 0 Å². The first-order chi connectivity index (χ1) is 12.8. The summed E-state index contributed by atoms with van der Waals surface area (Å²) in [5.74, 6) is -0.782. The molecule has 142 valence electrons. The lowest BCUT2D eigenvalue weighted by atomic mass is 10.2. The molecule has 27 heavy (non-hydrogen) atoms. The summed E-state index contributed by atoms with van der Waals surface area (Å²) in [6.07, 6.45) is 2.74. The van der Waals surface area contributed by atoms with Gasteiger partial charge in [0.15, 0.2) is 0 Å². The van der Waals surface area contributed by atoms with Crippen molar-refractivity contribution in [1.29, 1.82) is 0 Å². The summed E-state index contributed by atoms with van der Waals surface area (Å²) in [4.78, 5) is 23.0. The molecule has 0 atom stereocenters. The molecule has 2 amide bonds. The molecule has 0 bridgehead atoms. The van der Waals surface area contributed by atoms with Gasteiger partial charge in [0.2, 0.25) is 21.8 Å². The van der Waals surface area contributed by atoms with Crippen LogP contribution in [-0.2, 0) is 14.8 Å². The van der Waals surface area contributed by atoms with Crippen LogP contribution in [0.2, 0.25) is 0 Å². The van der Waals surface area contributed by atoms with Gasteiger partial charge >= 0.3 is 0 Å². The normalized spacial score (nSPS) is 11.3. The highest BCUT2D eigenvalue weighted by Crippen LogP contribution is 2.25. The maximum atomic E-state index is 12.1. The summed E-state index contributed by atoms with van der Waals surface area (Å²) in [7, 11) is -1.04. The van der Waals surface area contributed by atoms with Crippen LogP contribution in [0.3, 0.4) is 0 Å². The fraction of sp³-hybridized carbons (Fsp3) is 0.111. The average Bonchev–Trinajstić information content (AvgIpc) is 2.66. The highest BCUT2D eigenvalue weighted by atomic mass is 32.2. The first-order valence-electron chi connectivity index (χ1n) is 7.77. The zero-order chi connectivity index (χ0) is 20.0. The fourth-order valence-corrected chi connectivity index (χ4v) is 3.12. The van der Waals surface area contributed by atoms with E-state index in [1.165, 1.54) is 50.6 Å². The lowest BCUT2D eigenvalue weighted by Gasteiger charge is -2.09. The molecule has 2 rings (SSSR count). The predicted molar refractivity (Wildman–Crippen MR) is 102 cm³/mol. The molecule has 2 aromatic rings. The van der Waals surface area contributed by atoms with E-state index in [-0.39, 0.29) is 10.6 Å². The number of hydrogen-bond donors (Lipinski definition) is 3. The van der Waals surface area contributed by atoms with Crippen LogP contribution in [0.4, 0.5) is 5.69 Å². The zero-order valence-electron chi connectivity index (χ0n) is 14.7. The standard InChI is InChI=1S/C18H19N3O5S/c1-20-27(24,25)16-11-12(3-9-15(16)26-2)4-10-17(22)21-14-7-5-13(6-8-14)18(19)23/h3-11,20H,1-2H3,(H2,19,23)(H,21,22)/b10-4+. The molecular weight excluding hydrogens is 370 g/mol. The predicted octanol–water partition coefficient (Wildman–Crippen LogP) is 1.35. The van der Waals surface area contributed by atoms with Crippen molar-refractivity contribution in [2.45, 2.75) is 4.90 Å². The third kappa shape index (κ3) is 5.16. The molecule has 0 unspecified atom stereocenters. The van der Waals surface area contributed by atoms with Crippen LogP contribution < -0.4 is 20.5 Å². The third-order valence-electron chi connectivity index (χ3n) is 3.61. The van der Waals surface area contributed by atoms with E-state index in [0.717, 1.165) is 0 Å². The van der Waals surface area contributed by atoms with E-state index >= 15 is 0 Å². The highest BCUT2D eigenvalue weighted by Gasteiger charge is 2.17. The number of benzene rings is 2. The molecule has 0 saturated heterocycles. The molecular formula is C18H19N3O5S. The molecule has 0 fully saturated rings. The van der Waals surface area contributed by atoms with Crippen molar-refractivity contribution in [3.05, 3.63) is 59.7 Å². The van der Waals surface area contributed by atoms with Crippen molar-refractivity contribution in [2.75, 3.05) is 19.5 Å². The van der Waals surface area contributed by atoms with Gasteiger partial charge in [-0.2, -0.15) is 0 Å². The summed E-state index contributed by atoms with van der Waals surface area (Å²) < 4.78 is 31.4. The quantitative estimate of drug-likeness (QED) is 0.616. The Hall–Kier alpha value is -3.17. The summed E-state index contributed by atoms with van der Waals surface area (Å²) in [5.41, 5.74) is 6.48. The van der Waals surface area contributed by atoms with Crippen molar-refractivity contribution in [3.8, 4) is 5.75 Å². The molecule has 0 radical (unpaired) electrons. The number of carbonyl (C=O) groups excluding carboxylic acids is 2. The van der Waals surface area contributed by atoms with E-state index in [0.29, 0.717) is 16.8 Å². The van der Waals surface area contributed by atoms with E-state index < -0.39 is 21.8 Å². The smallest absolute Gasteiger partial charge is 0.248 e. The van der Waals surface area contributed by atoms with E-state index in [9.17, 15) is 18.0 Å². The van der Waals surface area contributed by atoms with Gasteiger partial charge in [-0.05, 0) is 55.1 Å². The maximum absolute atomic E-state index is 12.1. The number of carbonyl (C=O) groups is 2. The van der Waals surface area contributed by atoms with Gasteiger partial charge in [-0.1, -0.05) is 6.07 Å². The number of rotatable bonds is 7. The number of anilines is 1. The van der Waals surface area contributed by atoms with Crippen LogP contribution >= 0.6 is 0 Å². The van der Waals surface area contributed by atoms with Crippen molar-refractivity contribution in [2.24, 2.45) is 5.73 Å². The van der Waals surface area contributed by atoms with Gasteiger partial charge in [0.1, 0.15) is 10.6 Å². The van der Waals surface area contributed by atoms with Gasteiger partial charge in [-0.3, -0.25) is 9.59 Å². The fourth-order valence-electron chi connectivity index (χ4n) is 2.19. The molecule has 0 heterocycles. The van der Waals surface area contributed by atoms with Gasteiger partial charge < -0.3 is 15.8 Å². The Morgan fingerprint density at radius 1 is 1.11 bits per heavy atom. The van der Waals surface area contributed by atoms with Crippen LogP contribution in [-0.4, -0.2) is 34.4 Å². The minimum absolute atomic E-state index is 0.0305. The Kier molecular flexibility index (Phi) is 6.32. The SMILES string of the molecule is CNS(=O)(=O)c1cc(/C=C/C(=O)Nc2ccc(C(N)=O)cc2)ccc1OC. The number of hydrogen-bond acceptors (Lipinski definition) is 5. The number of nitrogens with one attached hydrogen (secondary N) is 2. The molecule has 0 aliphatic rings. The van der Waals surface area contributed by atoms with Crippen molar-refractivity contribution < 1.29 is 22.7 Å². The number of primary amides is 1. The lowest BCUT2D eigenvalue weighted by Crippen LogP contribution is -2.19. The Morgan fingerprint density at radius 2 is 1.78 bits per heavy atom. The minimum Gasteiger partial charge on any atom is -0.495 e. The highest BCUT2D eigenvalue weighted by molar-refractivity contribution is 7.89. The molecule has 0 aliphatic heterocycles. The van der Waals surface area contributed by atoms with Crippen LogP contribution in [0.15, 0.2) is 53.4 Å². The van der Waals surface area contributed by atoms with Crippen molar-refractivity contribution in [3.63, 3.8) is 0 Å². The number of ether oxygens (including phenoxy) is 1. The van der Waals surface area contributed by atoms with E-state index in [4.69, 9.17) is 10.5 Å². The third-order valence-corrected chi connectivity index (χ3v) is 5.05. The van der Waals surface area contributed by atoms with E-state index in [1.54, 1.807) is 18.2 Å². The van der Waals surface area contributed by atoms with Gasteiger partial charge in [0, 0.05) is 17.3 Å². The van der Waals surface area contributed by atoms with Gasteiger partial charge in [0.25, 0.3) is 0 Å². The molecule has 0 aromatic heterocycles. The van der Waals surface area contributed by atoms with Crippen LogP contribution in [0.25, 0.3) is 6.08 Å². The second-order valence-corrected chi connectivity index (χ2v) is 7.24. The summed E-state index contributed by atoms with van der Waals surface area (Å²) in [5, 5.41) is 2.62. The van der Waals surface area contributed by atoms with E-state index in [2.05, 4.69) is 10.0 Å². The van der Waals surface area contributed by atoms with Crippen molar-refractivity contribution >= 4 is 33.6 Å². The number of sulfonamides is 1. The lowest BCUT2D eigenvalue weighted by molar-refractivity contribution is -0.111. The second kappa shape index (κ2) is 8.47. The van der Waals surface area contributed by atoms with E-state index in [1.807, 2.05) is 0 Å². The minimum atomic E-state index is -3.71. The molecule has 0 aliphatic carbocycles. The first-order valence-corrected chi connectivity index (χ1v) is 9.25. The van der Waals surface area contributed by atoms with Crippen molar-refractivity contribution in [1.82, 2.24) is 4.72 Å². The molecule has 8 nitrogen and oxygen atoms in total. The average molecular weight is 389 g/mol. The largest absolute Gasteiger partial charge is 0.495 e. The number of amides is 2. The number of nitrogens with two attached hydrogens (primary N) is 1. The second-order valence-electron chi connectivity index (χ2n) is 5.38. The van der Waals surface area contributed by atoms with Gasteiger partial charge in [0.05, 0.1) is 7.11 Å². The van der Waals surface area contributed by atoms with Crippen LogP contribution in [0.1, 0.15) is 15.9 Å². The topological polar surface area (TPSA) is 128 Å². The van der Waals surface area contributed by atoms with Crippen LogP contribution in [0.5, 0.6) is 5.75 Å². The Balaban J connectivity index is 2.16. The molecule has 4 N–H and O–H groups in total. The maximum Gasteiger partial charge on any atom is 0.248 e. The molecule has 0 spiro atoms. The zero-order valence-corrected chi connectivity index (χ0v) is 15.5. The summed E-state index contributed by atoms with van der Waals surface area (Å²) in [6.45, 7) is 0.